The Morgan fingerprint density at radius 2 is 2.12 bits per heavy atom. The molecule has 0 bridgehead atoms. The van der Waals surface area contributed by atoms with Crippen molar-refractivity contribution in [2.45, 2.75) is 19.1 Å². The lowest BCUT2D eigenvalue weighted by molar-refractivity contribution is -0.00704. The molecule has 90 valence electrons. The third-order valence-electron chi connectivity index (χ3n) is 2.62. The van der Waals surface area contributed by atoms with Crippen LogP contribution in [0.2, 0.25) is 0 Å². The predicted octanol–water partition coefficient (Wildman–Crippen LogP) is 1.34. The first kappa shape index (κ1) is 11.4. The van der Waals surface area contributed by atoms with Crippen LogP contribution in [0.3, 0.4) is 0 Å². The van der Waals surface area contributed by atoms with Crippen molar-refractivity contribution in [3.63, 3.8) is 0 Å². The van der Waals surface area contributed by atoms with Gasteiger partial charge in [-0.05, 0) is 18.6 Å². The molecule has 6 nitrogen and oxygen atoms in total. The van der Waals surface area contributed by atoms with Crippen molar-refractivity contribution in [2.24, 2.45) is 0 Å². The summed E-state index contributed by atoms with van der Waals surface area (Å²) in [6.07, 6.45) is 2.31. The summed E-state index contributed by atoms with van der Waals surface area (Å²) in [5.74, 6) is -0.226. The second-order valence-corrected chi connectivity index (χ2v) is 3.72. The van der Waals surface area contributed by atoms with Crippen LogP contribution < -0.4 is 0 Å². The molecule has 0 aliphatic carbocycles. The van der Waals surface area contributed by atoms with Crippen molar-refractivity contribution in [3.05, 3.63) is 30.1 Å². The molecule has 1 N–H and O–H groups in total. The maximum atomic E-state index is 12.1. The highest BCUT2D eigenvalue weighted by atomic mass is 16.7. The summed E-state index contributed by atoms with van der Waals surface area (Å²) in [7, 11) is 0. The molecule has 1 amide bonds. The molecule has 1 aliphatic rings. The van der Waals surface area contributed by atoms with Gasteiger partial charge in [0.15, 0.2) is 6.23 Å². The van der Waals surface area contributed by atoms with Crippen molar-refractivity contribution < 1.29 is 19.4 Å². The molecule has 2 heterocycles. The van der Waals surface area contributed by atoms with Crippen LogP contribution in [0.1, 0.15) is 23.2 Å². The minimum atomic E-state index is -1.36. The molecule has 2 rings (SSSR count). The first-order valence-corrected chi connectivity index (χ1v) is 5.29. The highest BCUT2D eigenvalue weighted by Crippen LogP contribution is 2.20. The summed E-state index contributed by atoms with van der Waals surface area (Å²) < 4.78 is 4.67. The fourth-order valence-electron chi connectivity index (χ4n) is 1.87. The van der Waals surface area contributed by atoms with E-state index in [1.54, 1.807) is 12.1 Å². The van der Waals surface area contributed by atoms with Crippen molar-refractivity contribution in [1.29, 1.82) is 0 Å². The molecule has 1 saturated heterocycles. The van der Waals surface area contributed by atoms with E-state index in [2.05, 4.69) is 9.72 Å². The zero-order chi connectivity index (χ0) is 12.3. The lowest BCUT2D eigenvalue weighted by Gasteiger charge is -2.23. The fraction of sp³-hybridized carbons (Fsp3) is 0.364. The summed E-state index contributed by atoms with van der Waals surface area (Å²) >= 11 is 0. The molecule has 0 radical (unpaired) electrons. The van der Waals surface area contributed by atoms with Crippen LogP contribution in [0.5, 0.6) is 0 Å². The molecular formula is C11H12N2O4. The minimum Gasteiger partial charge on any atom is -0.450 e. The number of carboxylic acid groups (broad SMARTS) is 1. The fourth-order valence-corrected chi connectivity index (χ4v) is 1.87. The van der Waals surface area contributed by atoms with E-state index in [9.17, 15) is 9.59 Å². The Hall–Kier alpha value is -2.11. The largest absolute Gasteiger partial charge is 0.507 e. The number of amides is 1. The molecule has 0 saturated carbocycles. The Kier molecular flexibility index (Phi) is 3.22. The number of carbonyl (C=O) groups is 2. The van der Waals surface area contributed by atoms with Crippen molar-refractivity contribution in [3.8, 4) is 0 Å². The number of carbonyl (C=O) groups excluding carboxylic acids is 1. The van der Waals surface area contributed by atoms with Gasteiger partial charge in [-0.25, -0.2) is 4.79 Å². The van der Waals surface area contributed by atoms with Crippen molar-refractivity contribution in [2.75, 3.05) is 6.54 Å². The minimum absolute atomic E-state index is 0.226. The summed E-state index contributed by atoms with van der Waals surface area (Å²) in [5, 5.41) is 8.57. The van der Waals surface area contributed by atoms with Gasteiger partial charge in [-0.2, -0.15) is 0 Å². The van der Waals surface area contributed by atoms with E-state index in [-0.39, 0.29) is 5.91 Å². The molecule has 1 aromatic heterocycles. The number of likely N-dealkylation sites (tertiary alicyclic amines) is 1. The highest BCUT2D eigenvalue weighted by Gasteiger charge is 2.32. The SMILES string of the molecule is O=C(O)OC1CCCN1C(=O)c1ccncc1. The van der Waals surface area contributed by atoms with Gasteiger partial charge in [0, 0.05) is 30.9 Å². The van der Waals surface area contributed by atoms with Gasteiger partial charge in [0.2, 0.25) is 0 Å². The van der Waals surface area contributed by atoms with Crippen molar-refractivity contribution >= 4 is 12.1 Å². The number of hydrogen-bond acceptors (Lipinski definition) is 4. The van der Waals surface area contributed by atoms with Crippen LogP contribution in [0.25, 0.3) is 0 Å². The molecule has 0 spiro atoms. The number of hydrogen-bond donors (Lipinski definition) is 1. The average molecular weight is 236 g/mol. The van der Waals surface area contributed by atoms with Crippen LogP contribution in [-0.4, -0.2) is 39.8 Å². The maximum absolute atomic E-state index is 12.1. The number of ether oxygens (including phenoxy) is 1. The number of nitrogens with zero attached hydrogens (tertiary/aromatic N) is 2. The zero-order valence-corrected chi connectivity index (χ0v) is 9.07. The van der Waals surface area contributed by atoms with Gasteiger partial charge < -0.3 is 14.7 Å². The van der Waals surface area contributed by atoms with Gasteiger partial charge in [0.1, 0.15) is 0 Å². The lowest BCUT2D eigenvalue weighted by Crippen LogP contribution is -2.38. The number of pyridine rings is 1. The topological polar surface area (TPSA) is 79.7 Å². The van der Waals surface area contributed by atoms with Crippen LogP contribution in [0.15, 0.2) is 24.5 Å². The molecular weight excluding hydrogens is 224 g/mol. The van der Waals surface area contributed by atoms with Gasteiger partial charge in [0.25, 0.3) is 5.91 Å². The van der Waals surface area contributed by atoms with Crippen LogP contribution in [0, 0.1) is 0 Å². The third-order valence-corrected chi connectivity index (χ3v) is 2.62. The molecule has 17 heavy (non-hydrogen) atoms. The average Bonchev–Trinajstić information content (AvgIpc) is 2.76. The van der Waals surface area contributed by atoms with E-state index in [1.807, 2.05) is 0 Å². The molecule has 1 unspecified atom stereocenters. The van der Waals surface area contributed by atoms with Gasteiger partial charge in [-0.1, -0.05) is 0 Å². The standard InChI is InChI=1S/C11H12N2O4/c14-10(8-3-5-12-6-4-8)13-7-1-2-9(13)17-11(15)16/h3-6,9H,1-2,7H2,(H,15,16). The summed E-state index contributed by atoms with van der Waals surface area (Å²) in [4.78, 5) is 27.8. The Morgan fingerprint density at radius 3 is 2.76 bits per heavy atom. The third kappa shape index (κ3) is 2.52. The number of rotatable bonds is 2. The molecule has 1 fully saturated rings. The Bertz CT molecular complexity index is 421. The predicted molar refractivity (Wildman–Crippen MR) is 57.4 cm³/mol. The molecule has 1 aliphatic heterocycles. The zero-order valence-electron chi connectivity index (χ0n) is 9.07. The second kappa shape index (κ2) is 4.82. The Labute approximate surface area is 97.8 Å². The molecule has 1 aromatic rings. The van der Waals surface area contributed by atoms with Crippen LogP contribution in [-0.2, 0) is 4.74 Å². The molecule has 0 aromatic carbocycles. The Morgan fingerprint density at radius 1 is 1.41 bits per heavy atom. The quantitative estimate of drug-likeness (QED) is 0.784. The first-order valence-electron chi connectivity index (χ1n) is 5.29. The van der Waals surface area contributed by atoms with Gasteiger partial charge in [-0.3, -0.25) is 9.78 Å². The normalized spacial score (nSPS) is 19.1. The van der Waals surface area contributed by atoms with E-state index in [0.29, 0.717) is 18.5 Å². The highest BCUT2D eigenvalue weighted by molar-refractivity contribution is 5.94. The van der Waals surface area contributed by atoms with Gasteiger partial charge >= 0.3 is 6.16 Å². The van der Waals surface area contributed by atoms with Crippen LogP contribution >= 0.6 is 0 Å². The van der Waals surface area contributed by atoms with E-state index in [4.69, 9.17) is 5.11 Å². The molecule has 6 heteroatoms. The smallest absolute Gasteiger partial charge is 0.450 e. The van der Waals surface area contributed by atoms with E-state index in [0.717, 1.165) is 6.42 Å². The van der Waals surface area contributed by atoms with Gasteiger partial charge in [-0.15, -0.1) is 0 Å². The summed E-state index contributed by atoms with van der Waals surface area (Å²) in [6.45, 7) is 0.513. The number of aromatic nitrogens is 1. The van der Waals surface area contributed by atoms with E-state index in [1.165, 1.54) is 17.3 Å². The van der Waals surface area contributed by atoms with Gasteiger partial charge in [0.05, 0.1) is 0 Å². The van der Waals surface area contributed by atoms with Crippen LogP contribution in [0.4, 0.5) is 4.79 Å². The first-order chi connectivity index (χ1) is 8.18. The molecule has 1 atom stereocenters. The van der Waals surface area contributed by atoms with E-state index < -0.39 is 12.4 Å². The Balaban J connectivity index is 2.11. The van der Waals surface area contributed by atoms with E-state index >= 15 is 0 Å². The second-order valence-electron chi connectivity index (χ2n) is 3.72. The monoisotopic (exact) mass is 236 g/mol. The van der Waals surface area contributed by atoms with Crippen molar-refractivity contribution in [1.82, 2.24) is 9.88 Å². The summed E-state index contributed by atoms with van der Waals surface area (Å²) in [5.41, 5.74) is 0.487. The summed E-state index contributed by atoms with van der Waals surface area (Å²) in [6, 6.07) is 3.19. The maximum Gasteiger partial charge on any atom is 0.507 e. The lowest BCUT2D eigenvalue weighted by atomic mass is 10.2.